The molecule has 1 saturated heterocycles. The van der Waals surface area contributed by atoms with Gasteiger partial charge in [-0.1, -0.05) is 30.5 Å². The van der Waals surface area contributed by atoms with Gasteiger partial charge in [0.15, 0.2) is 0 Å². The lowest BCUT2D eigenvalue weighted by atomic mass is 9.73. The predicted octanol–water partition coefficient (Wildman–Crippen LogP) is 2.63. The summed E-state index contributed by atoms with van der Waals surface area (Å²) in [6.45, 7) is 0.139. The molecule has 4 nitrogen and oxygen atoms in total. The standard InChI is InChI=1S/C15H18ClNO3/c1-19-10-5-6-11(12(16)8-10)15-7-3-2-4-13(15)20-9-14(18)17-15/h5-6,8,13H,2-4,7,9H2,1H3,(H,17,18). The van der Waals surface area contributed by atoms with Crippen LogP contribution in [0.4, 0.5) is 0 Å². The molecule has 1 aromatic rings. The highest BCUT2D eigenvalue weighted by atomic mass is 35.5. The van der Waals surface area contributed by atoms with Gasteiger partial charge in [0.25, 0.3) is 0 Å². The average molecular weight is 296 g/mol. The van der Waals surface area contributed by atoms with Crippen LogP contribution in [0.25, 0.3) is 0 Å². The van der Waals surface area contributed by atoms with Crippen LogP contribution in [0.5, 0.6) is 5.75 Å². The van der Waals surface area contributed by atoms with E-state index < -0.39 is 5.54 Å². The summed E-state index contributed by atoms with van der Waals surface area (Å²) in [5, 5.41) is 3.75. The fourth-order valence-corrected chi connectivity index (χ4v) is 3.67. The molecule has 1 amide bonds. The van der Waals surface area contributed by atoms with E-state index in [0.29, 0.717) is 10.8 Å². The zero-order valence-electron chi connectivity index (χ0n) is 11.4. The molecule has 3 rings (SSSR count). The van der Waals surface area contributed by atoms with Gasteiger partial charge in [-0.2, -0.15) is 0 Å². The molecule has 108 valence electrons. The summed E-state index contributed by atoms with van der Waals surface area (Å²) in [4.78, 5) is 11.8. The second-order valence-corrected chi connectivity index (χ2v) is 5.82. The van der Waals surface area contributed by atoms with Gasteiger partial charge >= 0.3 is 0 Å². The van der Waals surface area contributed by atoms with Gasteiger partial charge in [-0.15, -0.1) is 0 Å². The number of halogens is 1. The molecule has 2 unspecified atom stereocenters. The summed E-state index contributed by atoms with van der Waals surface area (Å²) in [6.07, 6.45) is 3.98. The second-order valence-electron chi connectivity index (χ2n) is 5.41. The minimum atomic E-state index is -0.489. The molecule has 1 aromatic carbocycles. The number of rotatable bonds is 2. The molecular weight excluding hydrogens is 278 g/mol. The van der Waals surface area contributed by atoms with E-state index in [2.05, 4.69) is 5.32 Å². The smallest absolute Gasteiger partial charge is 0.246 e. The van der Waals surface area contributed by atoms with Gasteiger partial charge in [0.05, 0.1) is 18.8 Å². The predicted molar refractivity (Wildman–Crippen MR) is 76.0 cm³/mol. The Hall–Kier alpha value is -1.26. The fraction of sp³-hybridized carbons (Fsp3) is 0.533. The topological polar surface area (TPSA) is 47.6 Å². The molecule has 2 atom stereocenters. The van der Waals surface area contributed by atoms with Gasteiger partial charge in [-0.05, 0) is 30.5 Å². The number of fused-ring (bicyclic) bond motifs is 1. The number of hydrogen-bond acceptors (Lipinski definition) is 3. The maximum Gasteiger partial charge on any atom is 0.246 e. The van der Waals surface area contributed by atoms with E-state index in [4.69, 9.17) is 21.1 Å². The number of ether oxygens (including phenoxy) is 2. The maximum atomic E-state index is 11.8. The van der Waals surface area contributed by atoms with E-state index in [-0.39, 0.29) is 18.6 Å². The Labute approximate surface area is 123 Å². The molecule has 1 aliphatic carbocycles. The minimum absolute atomic E-state index is 0.000144. The van der Waals surface area contributed by atoms with Gasteiger partial charge in [0.2, 0.25) is 5.91 Å². The first-order chi connectivity index (χ1) is 9.65. The van der Waals surface area contributed by atoms with Crippen molar-refractivity contribution in [2.45, 2.75) is 37.3 Å². The highest BCUT2D eigenvalue weighted by Crippen LogP contribution is 2.44. The highest BCUT2D eigenvalue weighted by molar-refractivity contribution is 6.31. The Kier molecular flexibility index (Phi) is 3.61. The van der Waals surface area contributed by atoms with Crippen LogP contribution in [0.2, 0.25) is 5.02 Å². The van der Waals surface area contributed by atoms with E-state index in [0.717, 1.165) is 31.2 Å². The summed E-state index contributed by atoms with van der Waals surface area (Å²) in [5.74, 6) is 0.639. The van der Waals surface area contributed by atoms with Crippen molar-refractivity contribution in [2.24, 2.45) is 0 Å². The van der Waals surface area contributed by atoms with Crippen LogP contribution >= 0.6 is 11.6 Å². The molecule has 20 heavy (non-hydrogen) atoms. The van der Waals surface area contributed by atoms with Crippen LogP contribution in [0, 0.1) is 0 Å². The number of morpholine rings is 1. The zero-order chi connectivity index (χ0) is 14.2. The Morgan fingerprint density at radius 2 is 2.30 bits per heavy atom. The minimum Gasteiger partial charge on any atom is -0.497 e. The van der Waals surface area contributed by atoms with Crippen molar-refractivity contribution in [1.29, 1.82) is 0 Å². The summed E-state index contributed by atoms with van der Waals surface area (Å²) in [6, 6.07) is 5.61. The SMILES string of the molecule is COc1ccc(C23CCCCC2OCC(=O)N3)c(Cl)c1. The Bertz CT molecular complexity index is 534. The molecule has 0 bridgehead atoms. The monoisotopic (exact) mass is 295 g/mol. The van der Waals surface area contributed by atoms with Gasteiger partial charge in [-0.25, -0.2) is 0 Å². The van der Waals surface area contributed by atoms with Gasteiger partial charge < -0.3 is 14.8 Å². The van der Waals surface area contributed by atoms with Gasteiger partial charge in [0, 0.05) is 5.02 Å². The first-order valence-corrected chi connectivity index (χ1v) is 7.30. The summed E-state index contributed by atoms with van der Waals surface area (Å²) in [7, 11) is 1.61. The number of carbonyl (C=O) groups excluding carboxylic acids is 1. The van der Waals surface area contributed by atoms with Crippen LogP contribution in [0.3, 0.4) is 0 Å². The van der Waals surface area contributed by atoms with E-state index in [9.17, 15) is 4.79 Å². The second kappa shape index (κ2) is 5.26. The van der Waals surface area contributed by atoms with Gasteiger partial charge in [0.1, 0.15) is 12.4 Å². The number of benzene rings is 1. The van der Waals surface area contributed by atoms with Crippen LogP contribution in [-0.4, -0.2) is 25.7 Å². The highest BCUT2D eigenvalue weighted by Gasteiger charge is 2.48. The molecule has 1 saturated carbocycles. The van der Waals surface area contributed by atoms with E-state index in [1.165, 1.54) is 0 Å². The van der Waals surface area contributed by atoms with Crippen LogP contribution in [0.15, 0.2) is 18.2 Å². The number of methoxy groups -OCH3 is 1. The van der Waals surface area contributed by atoms with Crippen LogP contribution in [-0.2, 0) is 15.1 Å². The van der Waals surface area contributed by atoms with Crippen molar-refractivity contribution in [3.63, 3.8) is 0 Å². The first kappa shape index (κ1) is 13.7. The lowest BCUT2D eigenvalue weighted by molar-refractivity contribution is -0.148. The van der Waals surface area contributed by atoms with Gasteiger partial charge in [-0.3, -0.25) is 4.79 Å². The summed E-state index contributed by atoms with van der Waals surface area (Å²) >= 11 is 6.42. The fourth-order valence-electron chi connectivity index (χ4n) is 3.33. The molecule has 1 heterocycles. The number of nitrogens with one attached hydrogen (secondary N) is 1. The zero-order valence-corrected chi connectivity index (χ0v) is 12.2. The molecule has 0 aromatic heterocycles. The molecule has 5 heteroatoms. The van der Waals surface area contributed by atoms with E-state index >= 15 is 0 Å². The molecule has 0 spiro atoms. The third-order valence-corrected chi connectivity index (χ3v) is 4.58. The van der Waals surface area contributed by atoms with Crippen molar-refractivity contribution >= 4 is 17.5 Å². The maximum absolute atomic E-state index is 11.8. The van der Waals surface area contributed by atoms with Crippen LogP contribution in [0.1, 0.15) is 31.2 Å². The average Bonchev–Trinajstić information content (AvgIpc) is 2.46. The largest absolute Gasteiger partial charge is 0.497 e. The number of amides is 1. The first-order valence-electron chi connectivity index (χ1n) is 6.92. The summed E-state index contributed by atoms with van der Waals surface area (Å²) in [5.41, 5.74) is 0.439. The van der Waals surface area contributed by atoms with Crippen molar-refractivity contribution in [2.75, 3.05) is 13.7 Å². The Balaban J connectivity index is 2.05. The molecule has 2 aliphatic rings. The van der Waals surface area contributed by atoms with Crippen molar-refractivity contribution in [3.05, 3.63) is 28.8 Å². The lowest BCUT2D eigenvalue weighted by Crippen LogP contribution is -2.61. The van der Waals surface area contributed by atoms with E-state index in [1.54, 1.807) is 13.2 Å². The molecule has 2 fully saturated rings. The number of carbonyl (C=O) groups is 1. The normalized spacial score (nSPS) is 29.5. The number of hydrogen-bond donors (Lipinski definition) is 1. The third kappa shape index (κ3) is 2.17. The quantitative estimate of drug-likeness (QED) is 0.912. The van der Waals surface area contributed by atoms with Crippen LogP contribution < -0.4 is 10.1 Å². The molecule has 1 aliphatic heterocycles. The molecular formula is C15H18ClNO3. The molecule has 1 N–H and O–H groups in total. The van der Waals surface area contributed by atoms with E-state index in [1.807, 2.05) is 12.1 Å². The summed E-state index contributed by atoms with van der Waals surface area (Å²) < 4.78 is 11.0. The van der Waals surface area contributed by atoms with Crippen molar-refractivity contribution in [1.82, 2.24) is 5.32 Å². The Morgan fingerprint density at radius 3 is 3.05 bits per heavy atom. The molecule has 0 radical (unpaired) electrons. The lowest BCUT2D eigenvalue weighted by Gasteiger charge is -2.47. The van der Waals surface area contributed by atoms with Crippen molar-refractivity contribution < 1.29 is 14.3 Å². The van der Waals surface area contributed by atoms with Crippen molar-refractivity contribution in [3.8, 4) is 5.75 Å². The Morgan fingerprint density at radius 1 is 1.45 bits per heavy atom. The third-order valence-electron chi connectivity index (χ3n) is 4.27.